The zero-order valence-corrected chi connectivity index (χ0v) is 7.31. The van der Waals surface area contributed by atoms with Gasteiger partial charge in [-0.2, -0.15) is 0 Å². The van der Waals surface area contributed by atoms with Crippen LogP contribution >= 0.6 is 0 Å². The number of ether oxygens (including phenoxy) is 1. The SMILES string of the molecule is CCO[Si](C)(C)C1CO1. The van der Waals surface area contributed by atoms with Crippen molar-refractivity contribution in [2.45, 2.75) is 25.7 Å². The first-order valence-corrected chi connectivity index (χ1v) is 6.41. The van der Waals surface area contributed by atoms with Crippen LogP contribution in [0, 0.1) is 0 Å². The maximum absolute atomic E-state index is 5.57. The molecule has 0 bridgehead atoms. The van der Waals surface area contributed by atoms with Crippen LogP contribution in [0.1, 0.15) is 6.92 Å². The van der Waals surface area contributed by atoms with E-state index in [4.69, 9.17) is 9.16 Å². The van der Waals surface area contributed by atoms with E-state index in [0.29, 0.717) is 5.73 Å². The Morgan fingerprint density at radius 1 is 1.67 bits per heavy atom. The summed E-state index contributed by atoms with van der Waals surface area (Å²) in [6.07, 6.45) is 0. The highest BCUT2D eigenvalue weighted by Crippen LogP contribution is 2.23. The molecule has 0 radical (unpaired) electrons. The Bertz CT molecular complexity index is 99.2. The van der Waals surface area contributed by atoms with Gasteiger partial charge in [0.15, 0.2) is 0 Å². The fourth-order valence-corrected chi connectivity index (χ4v) is 2.74. The molecule has 9 heavy (non-hydrogen) atoms. The van der Waals surface area contributed by atoms with E-state index in [2.05, 4.69) is 13.1 Å². The van der Waals surface area contributed by atoms with Gasteiger partial charge in [-0.3, -0.25) is 0 Å². The van der Waals surface area contributed by atoms with E-state index in [0.717, 1.165) is 13.2 Å². The Hall–Kier alpha value is 0.137. The van der Waals surface area contributed by atoms with Crippen molar-refractivity contribution in [2.75, 3.05) is 13.2 Å². The molecular formula is C6H14O2Si. The molecule has 1 atom stereocenters. The molecule has 1 fully saturated rings. The standard InChI is InChI=1S/C6H14O2Si/c1-4-8-9(2,3)6-5-7-6/h6H,4-5H2,1-3H3. The molecule has 0 aromatic carbocycles. The van der Waals surface area contributed by atoms with E-state index >= 15 is 0 Å². The Labute approximate surface area is 57.3 Å². The summed E-state index contributed by atoms with van der Waals surface area (Å²) >= 11 is 0. The van der Waals surface area contributed by atoms with Crippen molar-refractivity contribution in [1.82, 2.24) is 0 Å². The lowest BCUT2D eigenvalue weighted by Gasteiger charge is -2.18. The highest BCUT2D eigenvalue weighted by Gasteiger charge is 2.42. The van der Waals surface area contributed by atoms with Gasteiger partial charge in [-0.25, -0.2) is 0 Å². The quantitative estimate of drug-likeness (QED) is 0.440. The molecule has 2 nitrogen and oxygen atoms in total. The Morgan fingerprint density at radius 3 is 2.56 bits per heavy atom. The molecule has 0 aromatic heterocycles. The Balaban J connectivity index is 2.30. The highest BCUT2D eigenvalue weighted by atomic mass is 28.4. The molecule has 0 spiro atoms. The lowest BCUT2D eigenvalue weighted by atomic mass is 10.9. The second-order valence-electron chi connectivity index (χ2n) is 2.86. The van der Waals surface area contributed by atoms with Gasteiger partial charge in [-0.05, 0) is 20.0 Å². The van der Waals surface area contributed by atoms with E-state index in [-0.39, 0.29) is 0 Å². The van der Waals surface area contributed by atoms with Crippen molar-refractivity contribution in [3.05, 3.63) is 0 Å². The number of hydrogen-bond donors (Lipinski definition) is 0. The molecule has 0 amide bonds. The van der Waals surface area contributed by atoms with Crippen molar-refractivity contribution in [3.8, 4) is 0 Å². The molecule has 1 aliphatic heterocycles. The van der Waals surface area contributed by atoms with Crippen LogP contribution in [0.15, 0.2) is 0 Å². The van der Waals surface area contributed by atoms with Gasteiger partial charge in [0.25, 0.3) is 0 Å². The monoisotopic (exact) mass is 146 g/mol. The lowest BCUT2D eigenvalue weighted by molar-refractivity contribution is 0.310. The molecule has 54 valence electrons. The average molecular weight is 146 g/mol. The predicted molar refractivity (Wildman–Crippen MR) is 38.8 cm³/mol. The van der Waals surface area contributed by atoms with Gasteiger partial charge < -0.3 is 9.16 Å². The second-order valence-corrected chi connectivity index (χ2v) is 7.00. The summed E-state index contributed by atoms with van der Waals surface area (Å²) in [5.74, 6) is 0. The molecule has 1 aliphatic rings. The van der Waals surface area contributed by atoms with Crippen LogP contribution in [0.3, 0.4) is 0 Å². The normalized spacial score (nSPS) is 26.3. The Morgan fingerprint density at radius 2 is 2.22 bits per heavy atom. The summed E-state index contributed by atoms with van der Waals surface area (Å²) in [6, 6.07) is 0. The minimum Gasteiger partial charge on any atom is -0.415 e. The summed E-state index contributed by atoms with van der Waals surface area (Å²) < 4.78 is 10.7. The first kappa shape index (κ1) is 7.25. The minimum absolute atomic E-state index is 0.484. The van der Waals surface area contributed by atoms with Crippen molar-refractivity contribution >= 4 is 8.32 Å². The van der Waals surface area contributed by atoms with E-state index < -0.39 is 8.32 Å². The van der Waals surface area contributed by atoms with Crippen LogP contribution in [0.2, 0.25) is 13.1 Å². The maximum atomic E-state index is 5.57. The van der Waals surface area contributed by atoms with E-state index in [1.807, 2.05) is 6.92 Å². The zero-order chi connectivity index (χ0) is 6.91. The third-order valence-corrected chi connectivity index (χ3v) is 4.54. The zero-order valence-electron chi connectivity index (χ0n) is 6.31. The van der Waals surface area contributed by atoms with Crippen molar-refractivity contribution in [2.24, 2.45) is 0 Å². The molecular weight excluding hydrogens is 132 g/mol. The van der Waals surface area contributed by atoms with Crippen molar-refractivity contribution in [1.29, 1.82) is 0 Å². The lowest BCUT2D eigenvalue weighted by Crippen LogP contribution is -2.37. The predicted octanol–water partition coefficient (Wildman–Crippen LogP) is 1.17. The minimum atomic E-state index is -1.39. The summed E-state index contributed by atoms with van der Waals surface area (Å²) in [6.45, 7) is 8.21. The molecule has 1 saturated heterocycles. The smallest absolute Gasteiger partial charge is 0.217 e. The van der Waals surface area contributed by atoms with Gasteiger partial charge in [-0.15, -0.1) is 0 Å². The molecule has 0 saturated carbocycles. The largest absolute Gasteiger partial charge is 0.415 e. The third kappa shape index (κ3) is 1.78. The highest BCUT2D eigenvalue weighted by molar-refractivity contribution is 6.73. The van der Waals surface area contributed by atoms with E-state index in [1.165, 1.54) is 0 Å². The van der Waals surface area contributed by atoms with Gasteiger partial charge in [0.2, 0.25) is 8.32 Å². The maximum Gasteiger partial charge on any atom is 0.217 e. The summed E-state index contributed by atoms with van der Waals surface area (Å²) in [5, 5.41) is 0. The topological polar surface area (TPSA) is 21.8 Å². The first-order valence-electron chi connectivity index (χ1n) is 3.42. The van der Waals surface area contributed by atoms with Crippen LogP contribution < -0.4 is 0 Å². The van der Waals surface area contributed by atoms with Crippen LogP contribution in [0.4, 0.5) is 0 Å². The molecule has 1 rings (SSSR count). The van der Waals surface area contributed by atoms with Crippen LogP contribution in [-0.2, 0) is 9.16 Å². The molecule has 0 N–H and O–H groups in total. The van der Waals surface area contributed by atoms with Crippen LogP contribution in [0.5, 0.6) is 0 Å². The summed E-state index contributed by atoms with van der Waals surface area (Å²) in [4.78, 5) is 0. The first-order chi connectivity index (χ1) is 4.17. The third-order valence-electron chi connectivity index (χ3n) is 1.63. The van der Waals surface area contributed by atoms with E-state index in [1.54, 1.807) is 0 Å². The average Bonchev–Trinajstić information content (AvgIpc) is 2.41. The fraction of sp³-hybridized carbons (Fsp3) is 1.00. The van der Waals surface area contributed by atoms with Gasteiger partial charge in [-0.1, -0.05) is 0 Å². The van der Waals surface area contributed by atoms with Crippen LogP contribution in [0.25, 0.3) is 0 Å². The van der Waals surface area contributed by atoms with Crippen molar-refractivity contribution in [3.63, 3.8) is 0 Å². The summed E-state index contributed by atoms with van der Waals surface area (Å²) in [7, 11) is -1.39. The second kappa shape index (κ2) is 2.40. The number of epoxide rings is 1. The van der Waals surface area contributed by atoms with Crippen molar-refractivity contribution < 1.29 is 9.16 Å². The summed E-state index contributed by atoms with van der Waals surface area (Å²) in [5.41, 5.74) is 0.484. The number of rotatable bonds is 3. The molecule has 3 heteroatoms. The molecule has 1 unspecified atom stereocenters. The Kier molecular flexibility index (Phi) is 1.93. The van der Waals surface area contributed by atoms with Gasteiger partial charge in [0, 0.05) is 6.61 Å². The van der Waals surface area contributed by atoms with Gasteiger partial charge in [0.1, 0.15) is 0 Å². The number of hydrogen-bond acceptors (Lipinski definition) is 2. The molecule has 1 heterocycles. The van der Waals surface area contributed by atoms with Gasteiger partial charge in [0.05, 0.1) is 12.3 Å². The van der Waals surface area contributed by atoms with E-state index in [9.17, 15) is 0 Å². The van der Waals surface area contributed by atoms with Crippen LogP contribution in [-0.4, -0.2) is 27.3 Å². The fourth-order valence-electron chi connectivity index (χ4n) is 0.914. The molecule has 0 aliphatic carbocycles. The van der Waals surface area contributed by atoms with Gasteiger partial charge >= 0.3 is 0 Å². The molecule has 0 aromatic rings.